The number of aryl methyl sites for hydroxylation is 6. The number of ether oxygens (including phenoxy) is 9. The van der Waals surface area contributed by atoms with Gasteiger partial charge >= 0.3 is 35.8 Å². The predicted octanol–water partition coefficient (Wildman–Crippen LogP) is 11.1. The van der Waals surface area contributed by atoms with Crippen molar-refractivity contribution in [3.8, 4) is 0 Å². The fraction of sp³-hybridized carbons (Fsp3) is 0.344. The zero-order chi connectivity index (χ0) is 57.4. The molecule has 0 fully saturated rings. The lowest BCUT2D eigenvalue weighted by Crippen LogP contribution is -2.48. The number of carbonyl (C=O) groups excluding carboxylic acids is 6. The molecule has 0 aromatic heterocycles. The lowest BCUT2D eigenvalue weighted by molar-refractivity contribution is -0.152. The number of esters is 6. The first-order valence-corrected chi connectivity index (χ1v) is 25.8. The van der Waals surface area contributed by atoms with Crippen LogP contribution in [0.4, 0.5) is 0 Å². The highest BCUT2D eigenvalue weighted by atomic mass is 16.6. The van der Waals surface area contributed by atoms with Gasteiger partial charge in [-0.2, -0.15) is 0 Å². The number of rotatable bonds is 26. The Hall–Kier alpha value is -7.98. The molecule has 4 atom stereocenters. The molecule has 0 aliphatic rings. The van der Waals surface area contributed by atoms with E-state index in [1.165, 1.54) is 0 Å². The van der Waals surface area contributed by atoms with Gasteiger partial charge in [0.2, 0.25) is 0 Å². The molecule has 416 valence electrons. The van der Waals surface area contributed by atoms with Crippen molar-refractivity contribution in [2.24, 2.45) is 0 Å². The topological polar surface area (TPSA) is 185 Å². The maximum atomic E-state index is 13.9. The zero-order valence-corrected chi connectivity index (χ0v) is 46.6. The molecule has 0 spiro atoms. The molecule has 6 rings (SSSR count). The third-order valence-corrected chi connectivity index (χ3v) is 12.5. The Morgan fingerprint density at radius 2 is 0.405 bits per heavy atom. The molecule has 0 saturated carbocycles. The van der Waals surface area contributed by atoms with Gasteiger partial charge in [0.25, 0.3) is 0 Å². The van der Waals surface area contributed by atoms with E-state index in [-0.39, 0.29) is 61.9 Å². The van der Waals surface area contributed by atoms with E-state index in [4.69, 9.17) is 42.6 Å². The highest BCUT2D eigenvalue weighted by Gasteiger charge is 2.39. The molecule has 79 heavy (non-hydrogen) atoms. The Balaban J connectivity index is 1.23. The molecule has 15 heteroatoms. The summed E-state index contributed by atoms with van der Waals surface area (Å²) in [5.41, 5.74) is 0.938. The Bertz CT molecular complexity index is 2820. The van der Waals surface area contributed by atoms with Gasteiger partial charge in [0, 0.05) is 0 Å². The van der Waals surface area contributed by atoms with Gasteiger partial charge in [-0.15, -0.1) is 0 Å². The van der Waals surface area contributed by atoms with E-state index in [1.807, 2.05) is 41.5 Å². The Labute approximate surface area is 462 Å². The summed E-state index contributed by atoms with van der Waals surface area (Å²) in [5, 5.41) is 0. The van der Waals surface area contributed by atoms with Crippen LogP contribution in [-0.4, -0.2) is 111 Å². The van der Waals surface area contributed by atoms with Crippen LogP contribution in [-0.2, 0) is 42.6 Å². The van der Waals surface area contributed by atoms with Gasteiger partial charge in [-0.3, -0.25) is 0 Å². The molecule has 0 N–H and O–H groups in total. The van der Waals surface area contributed by atoms with Crippen LogP contribution in [0.3, 0.4) is 0 Å². The summed E-state index contributed by atoms with van der Waals surface area (Å²) >= 11 is 0. The molecule has 4 unspecified atom stereocenters. The van der Waals surface area contributed by atoms with Crippen molar-refractivity contribution in [2.75, 3.05) is 52.9 Å². The molecule has 0 radical (unpaired) electrons. The highest BCUT2D eigenvalue weighted by Crippen LogP contribution is 2.25. The summed E-state index contributed by atoms with van der Waals surface area (Å²) in [7, 11) is 0. The van der Waals surface area contributed by atoms with E-state index in [9.17, 15) is 28.8 Å². The molecule has 0 amide bonds. The molecule has 0 heterocycles. The van der Waals surface area contributed by atoms with E-state index in [0.717, 1.165) is 33.4 Å². The van der Waals surface area contributed by atoms with Gasteiger partial charge in [-0.1, -0.05) is 106 Å². The van der Waals surface area contributed by atoms with Crippen LogP contribution < -0.4 is 0 Å². The van der Waals surface area contributed by atoms with E-state index in [0.29, 0.717) is 11.1 Å². The number of hydrogen-bond acceptors (Lipinski definition) is 15. The Morgan fingerprint density at radius 3 is 0.582 bits per heavy atom. The summed E-state index contributed by atoms with van der Waals surface area (Å²) in [6.45, 7) is 14.8. The van der Waals surface area contributed by atoms with Crippen LogP contribution in [0.2, 0.25) is 0 Å². The lowest BCUT2D eigenvalue weighted by atomic mass is 10.1. The smallest absolute Gasteiger partial charge is 0.338 e. The molecule has 0 bridgehead atoms. The van der Waals surface area contributed by atoms with Crippen LogP contribution in [0.15, 0.2) is 146 Å². The number of hydrogen-bond donors (Lipinski definition) is 0. The minimum atomic E-state index is -1.57. The second kappa shape index (κ2) is 27.1. The van der Waals surface area contributed by atoms with Crippen LogP contribution in [0.1, 0.15) is 123 Å². The van der Waals surface area contributed by atoms with Gasteiger partial charge in [-0.05, 0) is 142 Å². The van der Waals surface area contributed by atoms with Crippen LogP contribution in [0.5, 0.6) is 0 Å². The minimum absolute atomic E-state index is 0.248. The Kier molecular flexibility index (Phi) is 20.6. The standard InChI is InChI=1S/C64H70O15/c1-43-11-23-49(24-12-43)55(65)74-41-63(9,78-59(69)53-31-19-47(5)20-32-53)39-72-37-61(7,76-57(67)51-27-15-45(3)16-28-51)35-71-36-62(8,77-58(68)52-29-17-46(4)18-30-52)38-73-40-64(10,79-60(70)54-33-21-48(6)22-34-54)42-75-56(66)50-25-13-44(2)14-26-50/h11-34H,35-42H2,1-10H3. The van der Waals surface area contributed by atoms with E-state index < -0.39 is 71.4 Å². The summed E-state index contributed by atoms with van der Waals surface area (Å²) in [5.74, 6) is -4.07. The summed E-state index contributed by atoms with van der Waals surface area (Å²) in [6.07, 6.45) is 0. The van der Waals surface area contributed by atoms with Gasteiger partial charge < -0.3 is 42.6 Å². The third kappa shape index (κ3) is 18.6. The largest absolute Gasteiger partial charge is 0.458 e. The predicted molar refractivity (Wildman–Crippen MR) is 295 cm³/mol. The fourth-order valence-corrected chi connectivity index (χ4v) is 7.72. The van der Waals surface area contributed by atoms with E-state index >= 15 is 0 Å². The molecule has 15 nitrogen and oxygen atoms in total. The zero-order valence-electron chi connectivity index (χ0n) is 46.6. The lowest BCUT2D eigenvalue weighted by Gasteiger charge is -2.35. The van der Waals surface area contributed by atoms with Gasteiger partial charge in [0.1, 0.15) is 13.2 Å². The van der Waals surface area contributed by atoms with Crippen molar-refractivity contribution < 1.29 is 71.4 Å². The quantitative estimate of drug-likeness (QED) is 0.0369. The SMILES string of the molecule is Cc1ccc(C(=O)OCC(C)(COCC(C)(COCC(C)(COCC(C)(COC(=O)c2ccc(C)cc2)OC(=O)c2ccc(C)cc2)OC(=O)c2ccc(C)cc2)OC(=O)c2ccc(C)cc2)OC(=O)c2ccc(C)cc2)cc1. The maximum absolute atomic E-state index is 13.9. The Morgan fingerprint density at radius 1 is 0.253 bits per heavy atom. The molecular formula is C64H70O15. The summed E-state index contributed by atoms with van der Waals surface area (Å²) in [6, 6.07) is 40.8. The fourth-order valence-electron chi connectivity index (χ4n) is 7.72. The van der Waals surface area contributed by atoms with Gasteiger partial charge in [0.15, 0.2) is 22.4 Å². The van der Waals surface area contributed by atoms with Gasteiger partial charge in [0.05, 0.1) is 73.0 Å². The second-order valence-corrected chi connectivity index (χ2v) is 21.2. The van der Waals surface area contributed by atoms with Crippen LogP contribution >= 0.6 is 0 Å². The summed E-state index contributed by atoms with van der Waals surface area (Å²) < 4.78 is 54.7. The highest BCUT2D eigenvalue weighted by molar-refractivity contribution is 5.92. The van der Waals surface area contributed by atoms with Crippen molar-refractivity contribution >= 4 is 35.8 Å². The third-order valence-electron chi connectivity index (χ3n) is 12.5. The first-order valence-electron chi connectivity index (χ1n) is 25.8. The molecule has 6 aromatic carbocycles. The molecule has 6 aromatic rings. The van der Waals surface area contributed by atoms with Crippen molar-refractivity contribution in [2.45, 2.75) is 91.6 Å². The van der Waals surface area contributed by atoms with Crippen LogP contribution in [0.25, 0.3) is 0 Å². The first-order chi connectivity index (χ1) is 37.4. The normalized spacial score (nSPS) is 14.2. The molecule has 0 aliphatic heterocycles. The monoisotopic (exact) mass is 1080 g/mol. The van der Waals surface area contributed by atoms with Gasteiger partial charge in [-0.25, -0.2) is 28.8 Å². The van der Waals surface area contributed by atoms with Crippen molar-refractivity contribution in [3.63, 3.8) is 0 Å². The molecule has 0 aliphatic carbocycles. The summed E-state index contributed by atoms with van der Waals surface area (Å²) in [4.78, 5) is 81.4. The minimum Gasteiger partial charge on any atom is -0.458 e. The average Bonchev–Trinajstić information content (AvgIpc) is 3.41. The number of carbonyl (C=O) groups is 6. The van der Waals surface area contributed by atoms with Crippen molar-refractivity contribution in [1.82, 2.24) is 0 Å². The molecule has 0 saturated heterocycles. The first kappa shape index (κ1) is 60.3. The van der Waals surface area contributed by atoms with E-state index in [2.05, 4.69) is 0 Å². The maximum Gasteiger partial charge on any atom is 0.338 e. The van der Waals surface area contributed by atoms with Crippen molar-refractivity contribution in [1.29, 1.82) is 0 Å². The van der Waals surface area contributed by atoms with Crippen LogP contribution in [0, 0.1) is 41.5 Å². The second-order valence-electron chi connectivity index (χ2n) is 21.2. The van der Waals surface area contributed by atoms with E-state index in [1.54, 1.807) is 173 Å². The number of benzene rings is 6. The van der Waals surface area contributed by atoms with Crippen molar-refractivity contribution in [3.05, 3.63) is 212 Å². The molecular weight excluding hydrogens is 1010 g/mol. The average molecular weight is 1080 g/mol.